The number of nitrogens with zero attached hydrogens (tertiary/aromatic N) is 2. The molecule has 21 heavy (non-hydrogen) atoms. The molecule has 1 aliphatic carbocycles. The number of pyridine rings is 1. The highest BCUT2D eigenvalue weighted by atomic mass is 16.2. The van der Waals surface area contributed by atoms with Crippen LogP contribution in [0.25, 0.3) is 0 Å². The van der Waals surface area contributed by atoms with Gasteiger partial charge in [0.05, 0.1) is 5.56 Å². The number of nitrogens with one attached hydrogen (secondary N) is 1. The molecule has 1 saturated carbocycles. The van der Waals surface area contributed by atoms with E-state index in [-0.39, 0.29) is 12.5 Å². The molecule has 0 bridgehead atoms. The molecular formula is C16H21N3O2. The Hall–Kier alpha value is -1.90. The van der Waals surface area contributed by atoms with Gasteiger partial charge in [-0.1, -0.05) is 11.8 Å². The predicted molar refractivity (Wildman–Crippen MR) is 80.8 cm³/mol. The standard InChI is InChI=1S/C16H21N3O2/c1-12(19(2)15-5-6-15)9-18-16(21)14-8-13(4-3-7-20)10-17-11-14/h8,10-12,15,20H,5-7,9H2,1-2H3,(H,18,21). The van der Waals surface area contributed by atoms with E-state index in [9.17, 15) is 4.79 Å². The lowest BCUT2D eigenvalue weighted by molar-refractivity contribution is 0.0939. The minimum absolute atomic E-state index is 0.147. The maximum atomic E-state index is 12.1. The number of aromatic nitrogens is 1. The summed E-state index contributed by atoms with van der Waals surface area (Å²) >= 11 is 0. The summed E-state index contributed by atoms with van der Waals surface area (Å²) in [5.41, 5.74) is 1.11. The van der Waals surface area contributed by atoms with Gasteiger partial charge in [0.1, 0.15) is 6.61 Å². The van der Waals surface area contributed by atoms with Crippen LogP contribution in [0.15, 0.2) is 18.5 Å². The van der Waals surface area contributed by atoms with E-state index in [1.165, 1.54) is 19.0 Å². The maximum absolute atomic E-state index is 12.1. The average Bonchev–Trinajstić information content (AvgIpc) is 3.34. The highest BCUT2D eigenvalue weighted by Gasteiger charge is 2.29. The molecule has 0 spiro atoms. The first-order valence-corrected chi connectivity index (χ1v) is 7.16. The number of hydrogen-bond donors (Lipinski definition) is 2. The maximum Gasteiger partial charge on any atom is 0.252 e. The third-order valence-corrected chi connectivity index (χ3v) is 3.69. The van der Waals surface area contributed by atoms with Gasteiger partial charge < -0.3 is 10.4 Å². The number of amides is 1. The highest BCUT2D eigenvalue weighted by molar-refractivity contribution is 5.94. The van der Waals surface area contributed by atoms with Gasteiger partial charge in [-0.2, -0.15) is 0 Å². The molecule has 1 aromatic heterocycles. The number of hydrogen-bond acceptors (Lipinski definition) is 4. The number of carbonyl (C=O) groups is 1. The van der Waals surface area contributed by atoms with Crippen LogP contribution in [0.2, 0.25) is 0 Å². The number of aliphatic hydroxyl groups excluding tert-OH is 1. The molecule has 2 N–H and O–H groups in total. The zero-order valence-corrected chi connectivity index (χ0v) is 12.5. The molecule has 1 aliphatic rings. The fourth-order valence-corrected chi connectivity index (χ4v) is 2.10. The Morgan fingerprint density at radius 1 is 1.57 bits per heavy atom. The summed E-state index contributed by atoms with van der Waals surface area (Å²) in [6.07, 6.45) is 5.60. The van der Waals surface area contributed by atoms with Crippen LogP contribution < -0.4 is 5.32 Å². The first-order valence-electron chi connectivity index (χ1n) is 7.16. The second-order valence-corrected chi connectivity index (χ2v) is 5.38. The Kier molecular flexibility index (Phi) is 5.32. The Bertz CT molecular complexity index is 558. The van der Waals surface area contributed by atoms with Gasteiger partial charge in [-0.05, 0) is 32.9 Å². The summed E-state index contributed by atoms with van der Waals surface area (Å²) < 4.78 is 0. The van der Waals surface area contributed by atoms with Gasteiger partial charge in [0.15, 0.2) is 0 Å². The van der Waals surface area contributed by atoms with Gasteiger partial charge in [-0.3, -0.25) is 14.7 Å². The van der Waals surface area contributed by atoms with E-state index in [2.05, 4.69) is 41.0 Å². The minimum Gasteiger partial charge on any atom is -0.384 e. The summed E-state index contributed by atoms with van der Waals surface area (Å²) in [6, 6.07) is 2.67. The highest BCUT2D eigenvalue weighted by Crippen LogP contribution is 2.26. The molecule has 5 nitrogen and oxygen atoms in total. The fourth-order valence-electron chi connectivity index (χ4n) is 2.10. The van der Waals surface area contributed by atoms with Gasteiger partial charge in [0.2, 0.25) is 0 Å². The van der Waals surface area contributed by atoms with Crippen molar-refractivity contribution in [3.63, 3.8) is 0 Å². The lowest BCUT2D eigenvalue weighted by Gasteiger charge is -2.24. The third-order valence-electron chi connectivity index (χ3n) is 3.69. The molecule has 1 unspecified atom stereocenters. The zero-order valence-electron chi connectivity index (χ0n) is 12.5. The molecule has 2 rings (SSSR count). The smallest absolute Gasteiger partial charge is 0.252 e. The number of rotatable bonds is 5. The van der Waals surface area contributed by atoms with Gasteiger partial charge >= 0.3 is 0 Å². The van der Waals surface area contributed by atoms with Crippen LogP contribution >= 0.6 is 0 Å². The van der Waals surface area contributed by atoms with Crippen LogP contribution in [-0.4, -0.2) is 53.2 Å². The Balaban J connectivity index is 1.90. The van der Waals surface area contributed by atoms with Crippen molar-refractivity contribution in [1.29, 1.82) is 0 Å². The second kappa shape index (κ2) is 7.21. The van der Waals surface area contributed by atoms with Gasteiger partial charge in [0, 0.05) is 36.6 Å². The van der Waals surface area contributed by atoms with E-state index < -0.39 is 0 Å². The van der Waals surface area contributed by atoms with Gasteiger partial charge in [0.25, 0.3) is 5.91 Å². The van der Waals surface area contributed by atoms with E-state index in [1.54, 1.807) is 12.3 Å². The predicted octanol–water partition coefficient (Wildman–Crippen LogP) is 0.638. The van der Waals surface area contributed by atoms with Crippen molar-refractivity contribution in [3.8, 4) is 11.8 Å². The molecule has 1 aromatic rings. The molecule has 1 heterocycles. The average molecular weight is 287 g/mol. The van der Waals surface area contributed by atoms with Crippen molar-refractivity contribution in [2.24, 2.45) is 0 Å². The quantitative estimate of drug-likeness (QED) is 0.780. The summed E-state index contributed by atoms with van der Waals surface area (Å²) in [5.74, 6) is 5.14. The van der Waals surface area contributed by atoms with E-state index in [1.807, 2.05) is 0 Å². The van der Waals surface area contributed by atoms with Gasteiger partial charge in [-0.25, -0.2) is 0 Å². The molecule has 0 radical (unpaired) electrons. The molecule has 1 fully saturated rings. The van der Waals surface area contributed by atoms with Gasteiger partial charge in [-0.15, -0.1) is 0 Å². The number of carbonyl (C=O) groups excluding carboxylic acids is 1. The van der Waals surface area contributed by atoms with E-state index in [4.69, 9.17) is 5.11 Å². The number of likely N-dealkylation sites (N-methyl/N-ethyl adjacent to an activating group) is 1. The fraction of sp³-hybridized carbons (Fsp3) is 0.500. The van der Waals surface area contributed by atoms with E-state index in [0.29, 0.717) is 29.8 Å². The molecular weight excluding hydrogens is 266 g/mol. The van der Waals surface area contributed by atoms with Crippen molar-refractivity contribution in [2.45, 2.75) is 31.8 Å². The van der Waals surface area contributed by atoms with Crippen molar-refractivity contribution in [2.75, 3.05) is 20.2 Å². The lowest BCUT2D eigenvalue weighted by atomic mass is 10.2. The molecule has 1 amide bonds. The first kappa shape index (κ1) is 15.5. The minimum atomic E-state index is -0.207. The summed E-state index contributed by atoms with van der Waals surface area (Å²) in [5, 5.41) is 11.6. The van der Waals surface area contributed by atoms with E-state index in [0.717, 1.165) is 0 Å². The molecule has 0 aromatic carbocycles. The monoisotopic (exact) mass is 287 g/mol. The number of aliphatic hydroxyl groups is 1. The summed E-state index contributed by atoms with van der Waals surface area (Å²) in [4.78, 5) is 18.4. The zero-order chi connectivity index (χ0) is 15.2. The third kappa shape index (κ3) is 4.55. The van der Waals surface area contributed by atoms with Crippen LogP contribution in [0.4, 0.5) is 0 Å². The molecule has 1 atom stereocenters. The normalized spacial score (nSPS) is 15.2. The summed E-state index contributed by atoms with van der Waals surface area (Å²) in [7, 11) is 2.10. The van der Waals surface area contributed by atoms with Crippen molar-refractivity contribution < 1.29 is 9.90 Å². The van der Waals surface area contributed by atoms with Crippen molar-refractivity contribution in [3.05, 3.63) is 29.6 Å². The van der Waals surface area contributed by atoms with Crippen molar-refractivity contribution >= 4 is 5.91 Å². The lowest BCUT2D eigenvalue weighted by Crippen LogP contribution is -2.41. The topological polar surface area (TPSA) is 65.5 Å². The molecule has 112 valence electrons. The second-order valence-electron chi connectivity index (χ2n) is 5.38. The summed E-state index contributed by atoms with van der Waals surface area (Å²) in [6.45, 7) is 2.51. The Labute approximate surface area is 125 Å². The van der Waals surface area contributed by atoms with Crippen LogP contribution in [0.1, 0.15) is 35.7 Å². The molecule has 0 aliphatic heterocycles. The van der Waals surface area contributed by atoms with Crippen LogP contribution in [-0.2, 0) is 0 Å². The first-order chi connectivity index (χ1) is 10.1. The SMILES string of the molecule is CC(CNC(=O)c1cncc(C#CCO)c1)N(C)C1CC1. The van der Waals surface area contributed by atoms with Crippen molar-refractivity contribution in [1.82, 2.24) is 15.2 Å². The van der Waals surface area contributed by atoms with E-state index >= 15 is 0 Å². The van der Waals surface area contributed by atoms with Crippen LogP contribution in [0, 0.1) is 11.8 Å². The van der Waals surface area contributed by atoms with Crippen LogP contribution in [0.5, 0.6) is 0 Å². The Morgan fingerprint density at radius 3 is 3.00 bits per heavy atom. The van der Waals surface area contributed by atoms with Crippen LogP contribution in [0.3, 0.4) is 0 Å². The molecule has 5 heteroatoms. The molecule has 0 saturated heterocycles. The Morgan fingerprint density at radius 2 is 2.33 bits per heavy atom. The largest absolute Gasteiger partial charge is 0.384 e.